The molecule has 0 fully saturated rings. The highest BCUT2D eigenvalue weighted by molar-refractivity contribution is 4.56. The molecular formula is C15H33N. The Morgan fingerprint density at radius 1 is 0.750 bits per heavy atom. The molecule has 0 aliphatic carbocycles. The molecule has 0 spiro atoms. The van der Waals surface area contributed by atoms with Crippen molar-refractivity contribution in [2.45, 2.75) is 78.6 Å². The first kappa shape index (κ1) is 16.0. The Kier molecular flexibility index (Phi) is 13.0. The van der Waals surface area contributed by atoms with Crippen LogP contribution in [-0.2, 0) is 0 Å². The van der Waals surface area contributed by atoms with Gasteiger partial charge in [0.2, 0.25) is 0 Å². The minimum atomic E-state index is 0.947. The highest BCUT2D eigenvalue weighted by Crippen LogP contribution is 2.16. The van der Waals surface area contributed by atoms with Crippen LogP contribution in [0, 0.1) is 5.92 Å². The zero-order valence-electron chi connectivity index (χ0n) is 11.9. The summed E-state index contributed by atoms with van der Waals surface area (Å²) in [6.45, 7) is 9.34. The smallest absolute Gasteiger partial charge is 0.00489 e. The fourth-order valence-corrected chi connectivity index (χ4v) is 2.11. The SMILES string of the molecule is CCCCCCC(C)CCCCNCCC. The third-order valence-electron chi connectivity index (χ3n) is 3.28. The standard InChI is InChI=1S/C15H33N/c1-4-6-7-8-11-15(3)12-9-10-14-16-13-5-2/h15-16H,4-14H2,1-3H3. The predicted octanol–water partition coefficient (Wildman–Crippen LogP) is 4.76. The summed E-state index contributed by atoms with van der Waals surface area (Å²) in [6, 6.07) is 0. The van der Waals surface area contributed by atoms with Crippen molar-refractivity contribution >= 4 is 0 Å². The average molecular weight is 227 g/mol. The average Bonchev–Trinajstić information content (AvgIpc) is 2.29. The van der Waals surface area contributed by atoms with Gasteiger partial charge in [0.25, 0.3) is 0 Å². The second kappa shape index (κ2) is 13.0. The molecule has 0 saturated carbocycles. The summed E-state index contributed by atoms with van der Waals surface area (Å²) in [6.07, 6.45) is 12.6. The molecule has 0 bridgehead atoms. The molecule has 0 rings (SSSR count). The molecule has 1 unspecified atom stereocenters. The lowest BCUT2D eigenvalue weighted by Crippen LogP contribution is -2.15. The molecule has 1 N–H and O–H groups in total. The predicted molar refractivity (Wildman–Crippen MR) is 74.9 cm³/mol. The lowest BCUT2D eigenvalue weighted by Gasteiger charge is -2.11. The normalized spacial score (nSPS) is 12.9. The summed E-state index contributed by atoms with van der Waals surface area (Å²) in [7, 11) is 0. The molecule has 0 aromatic rings. The molecular weight excluding hydrogens is 194 g/mol. The maximum Gasteiger partial charge on any atom is -0.00489 e. The quantitative estimate of drug-likeness (QED) is 0.474. The number of hydrogen-bond acceptors (Lipinski definition) is 1. The maximum absolute atomic E-state index is 3.47. The van der Waals surface area contributed by atoms with E-state index in [0.29, 0.717) is 0 Å². The van der Waals surface area contributed by atoms with Crippen molar-refractivity contribution in [3.63, 3.8) is 0 Å². The Morgan fingerprint density at radius 3 is 2.06 bits per heavy atom. The number of nitrogens with one attached hydrogen (secondary N) is 1. The Bertz CT molecular complexity index is 123. The van der Waals surface area contributed by atoms with Gasteiger partial charge in [-0.3, -0.25) is 0 Å². The molecule has 0 radical (unpaired) electrons. The second-order valence-corrected chi connectivity index (χ2v) is 5.20. The topological polar surface area (TPSA) is 12.0 Å². The van der Waals surface area contributed by atoms with Crippen LogP contribution in [0.5, 0.6) is 0 Å². The van der Waals surface area contributed by atoms with Crippen molar-refractivity contribution in [2.75, 3.05) is 13.1 Å². The first-order valence-corrected chi connectivity index (χ1v) is 7.52. The van der Waals surface area contributed by atoms with Gasteiger partial charge in [-0.1, -0.05) is 65.7 Å². The molecule has 1 atom stereocenters. The van der Waals surface area contributed by atoms with Gasteiger partial charge in [0.05, 0.1) is 0 Å². The van der Waals surface area contributed by atoms with E-state index in [1.54, 1.807) is 0 Å². The summed E-state index contributed by atoms with van der Waals surface area (Å²) < 4.78 is 0. The van der Waals surface area contributed by atoms with Crippen LogP contribution in [0.3, 0.4) is 0 Å². The van der Waals surface area contributed by atoms with Crippen LogP contribution in [0.2, 0.25) is 0 Å². The zero-order chi connectivity index (χ0) is 12.1. The first-order chi connectivity index (χ1) is 7.81. The number of unbranched alkanes of at least 4 members (excludes halogenated alkanes) is 4. The molecule has 98 valence electrons. The molecule has 0 aliphatic heterocycles. The summed E-state index contributed by atoms with van der Waals surface area (Å²) in [5.41, 5.74) is 0. The Labute approximate surface area is 103 Å². The minimum absolute atomic E-state index is 0.947. The Morgan fingerprint density at radius 2 is 1.44 bits per heavy atom. The van der Waals surface area contributed by atoms with Crippen molar-refractivity contribution in [3.05, 3.63) is 0 Å². The van der Waals surface area contributed by atoms with Crippen LogP contribution in [0.1, 0.15) is 78.6 Å². The van der Waals surface area contributed by atoms with Gasteiger partial charge in [0.15, 0.2) is 0 Å². The van der Waals surface area contributed by atoms with Gasteiger partial charge >= 0.3 is 0 Å². The van der Waals surface area contributed by atoms with Crippen molar-refractivity contribution in [2.24, 2.45) is 5.92 Å². The van der Waals surface area contributed by atoms with Crippen molar-refractivity contribution in [1.82, 2.24) is 5.32 Å². The van der Waals surface area contributed by atoms with E-state index >= 15 is 0 Å². The minimum Gasteiger partial charge on any atom is -0.317 e. The lowest BCUT2D eigenvalue weighted by molar-refractivity contribution is 0.436. The number of hydrogen-bond donors (Lipinski definition) is 1. The third kappa shape index (κ3) is 12.0. The molecule has 0 aromatic carbocycles. The molecule has 0 heterocycles. The van der Waals surface area contributed by atoms with Crippen molar-refractivity contribution < 1.29 is 0 Å². The highest BCUT2D eigenvalue weighted by atomic mass is 14.8. The van der Waals surface area contributed by atoms with Gasteiger partial charge in [-0.05, 0) is 31.8 Å². The third-order valence-corrected chi connectivity index (χ3v) is 3.28. The Hall–Kier alpha value is -0.0400. The first-order valence-electron chi connectivity index (χ1n) is 7.52. The van der Waals surface area contributed by atoms with Crippen molar-refractivity contribution in [1.29, 1.82) is 0 Å². The van der Waals surface area contributed by atoms with Gasteiger partial charge in [-0.15, -0.1) is 0 Å². The molecule has 1 nitrogen and oxygen atoms in total. The van der Waals surface area contributed by atoms with Crippen LogP contribution in [0.15, 0.2) is 0 Å². The van der Waals surface area contributed by atoms with E-state index in [-0.39, 0.29) is 0 Å². The van der Waals surface area contributed by atoms with Gasteiger partial charge in [-0.2, -0.15) is 0 Å². The lowest BCUT2D eigenvalue weighted by atomic mass is 9.97. The molecule has 1 heteroatoms. The largest absolute Gasteiger partial charge is 0.317 e. The van der Waals surface area contributed by atoms with E-state index in [0.717, 1.165) is 5.92 Å². The van der Waals surface area contributed by atoms with Crippen LogP contribution < -0.4 is 5.32 Å². The van der Waals surface area contributed by atoms with E-state index in [1.807, 2.05) is 0 Å². The maximum atomic E-state index is 3.47. The highest BCUT2D eigenvalue weighted by Gasteiger charge is 2.01. The molecule has 16 heavy (non-hydrogen) atoms. The molecule has 0 saturated heterocycles. The molecule has 0 aromatic heterocycles. The monoisotopic (exact) mass is 227 g/mol. The van der Waals surface area contributed by atoms with E-state index < -0.39 is 0 Å². The van der Waals surface area contributed by atoms with E-state index in [2.05, 4.69) is 26.1 Å². The zero-order valence-corrected chi connectivity index (χ0v) is 11.9. The van der Waals surface area contributed by atoms with Crippen LogP contribution in [0.4, 0.5) is 0 Å². The second-order valence-electron chi connectivity index (χ2n) is 5.20. The van der Waals surface area contributed by atoms with E-state index in [9.17, 15) is 0 Å². The van der Waals surface area contributed by atoms with Gasteiger partial charge in [-0.25, -0.2) is 0 Å². The summed E-state index contributed by atoms with van der Waals surface area (Å²) in [5.74, 6) is 0.947. The fourth-order valence-electron chi connectivity index (χ4n) is 2.11. The number of rotatable bonds is 12. The summed E-state index contributed by atoms with van der Waals surface area (Å²) in [4.78, 5) is 0. The molecule has 0 aliphatic rings. The van der Waals surface area contributed by atoms with Gasteiger partial charge in [0, 0.05) is 0 Å². The van der Waals surface area contributed by atoms with Crippen LogP contribution in [0.25, 0.3) is 0 Å². The van der Waals surface area contributed by atoms with Crippen LogP contribution >= 0.6 is 0 Å². The van der Waals surface area contributed by atoms with Gasteiger partial charge in [0.1, 0.15) is 0 Å². The summed E-state index contributed by atoms with van der Waals surface area (Å²) >= 11 is 0. The van der Waals surface area contributed by atoms with E-state index in [1.165, 1.54) is 70.9 Å². The summed E-state index contributed by atoms with van der Waals surface area (Å²) in [5, 5.41) is 3.47. The molecule has 0 amide bonds. The fraction of sp³-hybridized carbons (Fsp3) is 1.00. The van der Waals surface area contributed by atoms with Gasteiger partial charge < -0.3 is 5.32 Å². The van der Waals surface area contributed by atoms with E-state index in [4.69, 9.17) is 0 Å². The van der Waals surface area contributed by atoms with Crippen molar-refractivity contribution in [3.8, 4) is 0 Å². The van der Waals surface area contributed by atoms with Crippen LogP contribution in [-0.4, -0.2) is 13.1 Å². The Balaban J connectivity index is 3.08.